The third-order valence-electron chi connectivity index (χ3n) is 6.35. The van der Waals surface area contributed by atoms with Crippen molar-refractivity contribution in [2.75, 3.05) is 26.2 Å². The minimum atomic E-state index is -0.717. The van der Waals surface area contributed by atoms with Gasteiger partial charge in [0.05, 0.1) is 12.5 Å². The van der Waals surface area contributed by atoms with Crippen LogP contribution in [0.25, 0.3) is 10.4 Å². The molecule has 38 heavy (non-hydrogen) atoms. The zero-order chi connectivity index (χ0) is 26.7. The van der Waals surface area contributed by atoms with Gasteiger partial charge >= 0.3 is 17.8 Å². The number of esters is 1. The van der Waals surface area contributed by atoms with E-state index in [0.29, 0.717) is 25.1 Å². The van der Waals surface area contributed by atoms with Gasteiger partial charge in [0, 0.05) is 43.5 Å². The first-order valence-electron chi connectivity index (χ1n) is 12.4. The first-order valence-corrected chi connectivity index (χ1v) is 12.4. The number of benzene rings is 2. The van der Waals surface area contributed by atoms with Gasteiger partial charge in [-0.05, 0) is 34.7 Å². The smallest absolute Gasteiger partial charge is 0.312 e. The molecule has 0 radical (unpaired) electrons. The first-order chi connectivity index (χ1) is 18.6. The fourth-order valence-corrected chi connectivity index (χ4v) is 4.48. The van der Waals surface area contributed by atoms with E-state index in [1.165, 1.54) is 9.80 Å². The second kappa shape index (κ2) is 13.0. The van der Waals surface area contributed by atoms with Crippen molar-refractivity contribution < 1.29 is 19.1 Å². The molecule has 194 valence electrons. The molecule has 10 heteroatoms. The third-order valence-corrected chi connectivity index (χ3v) is 6.35. The second-order valence-electron chi connectivity index (χ2n) is 8.80. The summed E-state index contributed by atoms with van der Waals surface area (Å²) in [6.07, 6.45) is 2.89. The fraction of sp³-hybridized carbons (Fsp3) is 0.286. The van der Waals surface area contributed by atoms with Crippen molar-refractivity contribution in [3.63, 3.8) is 0 Å². The van der Waals surface area contributed by atoms with Gasteiger partial charge in [0.25, 0.3) is 0 Å². The number of carbonyl (C=O) groups is 3. The van der Waals surface area contributed by atoms with Crippen molar-refractivity contribution in [1.29, 1.82) is 0 Å². The van der Waals surface area contributed by atoms with E-state index in [4.69, 9.17) is 10.3 Å². The van der Waals surface area contributed by atoms with E-state index in [-0.39, 0.29) is 19.5 Å². The summed E-state index contributed by atoms with van der Waals surface area (Å²) < 4.78 is 5.99. The molecule has 0 bridgehead atoms. The molecule has 0 N–H and O–H groups in total. The highest BCUT2D eigenvalue weighted by Crippen LogP contribution is 2.30. The average molecular weight is 513 g/mol. The van der Waals surface area contributed by atoms with Crippen molar-refractivity contribution in [1.82, 2.24) is 14.8 Å². The van der Waals surface area contributed by atoms with Gasteiger partial charge in [-0.15, -0.1) is 0 Å². The maximum Gasteiger partial charge on any atom is 0.312 e. The van der Waals surface area contributed by atoms with Crippen LogP contribution >= 0.6 is 0 Å². The van der Waals surface area contributed by atoms with Gasteiger partial charge in [0.1, 0.15) is 0 Å². The zero-order valence-electron chi connectivity index (χ0n) is 20.8. The molecule has 1 aliphatic heterocycles. The Labute approximate surface area is 220 Å². The summed E-state index contributed by atoms with van der Waals surface area (Å²) in [7, 11) is 0. The topological polar surface area (TPSA) is 129 Å². The number of rotatable bonds is 11. The van der Waals surface area contributed by atoms with Crippen molar-refractivity contribution in [2.45, 2.75) is 25.0 Å². The molecule has 2 aromatic carbocycles. The summed E-state index contributed by atoms with van der Waals surface area (Å²) in [5.41, 5.74) is 10.7. The van der Waals surface area contributed by atoms with Crippen molar-refractivity contribution in [2.24, 2.45) is 5.11 Å². The molecule has 2 heterocycles. The second-order valence-corrected chi connectivity index (χ2v) is 8.80. The summed E-state index contributed by atoms with van der Waals surface area (Å²) >= 11 is 0. The Morgan fingerprint density at radius 3 is 2.21 bits per heavy atom. The number of aromatic nitrogens is 1. The molecule has 0 saturated carbocycles. The van der Waals surface area contributed by atoms with Crippen molar-refractivity contribution in [3.05, 3.63) is 112 Å². The van der Waals surface area contributed by atoms with Crippen molar-refractivity contribution in [3.8, 4) is 0 Å². The third kappa shape index (κ3) is 6.54. The van der Waals surface area contributed by atoms with Crippen LogP contribution in [0.2, 0.25) is 0 Å². The molecule has 0 spiro atoms. The van der Waals surface area contributed by atoms with Gasteiger partial charge in [-0.25, -0.2) is 0 Å². The minimum Gasteiger partial charge on any atom is -0.452 e. The predicted octanol–water partition coefficient (Wildman–Crippen LogP) is 4.22. The predicted molar refractivity (Wildman–Crippen MR) is 139 cm³/mol. The molecular weight excluding hydrogens is 484 g/mol. The summed E-state index contributed by atoms with van der Waals surface area (Å²) in [5, 5.41) is 3.47. The molecule has 1 fully saturated rings. The Morgan fingerprint density at radius 2 is 1.61 bits per heavy atom. The van der Waals surface area contributed by atoms with Gasteiger partial charge in [-0.3, -0.25) is 19.4 Å². The van der Waals surface area contributed by atoms with Gasteiger partial charge < -0.3 is 14.5 Å². The Kier molecular flexibility index (Phi) is 9.04. The molecule has 1 aliphatic rings. The van der Waals surface area contributed by atoms with E-state index < -0.39 is 29.9 Å². The lowest BCUT2D eigenvalue weighted by molar-refractivity contribution is -0.160. The van der Waals surface area contributed by atoms with Gasteiger partial charge in [0.2, 0.25) is 0 Å². The van der Waals surface area contributed by atoms with E-state index in [0.717, 1.165) is 11.1 Å². The summed E-state index contributed by atoms with van der Waals surface area (Å²) in [5.74, 6) is -1.84. The fourth-order valence-electron chi connectivity index (χ4n) is 4.48. The Hall–Kier alpha value is -4.69. The van der Waals surface area contributed by atoms with E-state index >= 15 is 0 Å². The van der Waals surface area contributed by atoms with E-state index in [2.05, 4.69) is 15.0 Å². The Morgan fingerprint density at radius 1 is 0.947 bits per heavy atom. The van der Waals surface area contributed by atoms with E-state index in [9.17, 15) is 14.4 Å². The number of pyridine rings is 1. The normalized spacial score (nSPS) is 14.2. The minimum absolute atomic E-state index is 0.141. The van der Waals surface area contributed by atoms with Gasteiger partial charge in [-0.2, -0.15) is 0 Å². The number of amides is 2. The molecule has 1 atom stereocenters. The van der Waals surface area contributed by atoms with E-state index in [1.54, 1.807) is 24.5 Å². The van der Waals surface area contributed by atoms with Crippen LogP contribution in [0, 0.1) is 0 Å². The molecular formula is C28H28N6O4. The summed E-state index contributed by atoms with van der Waals surface area (Å²) in [6, 6.07) is 21.7. The van der Waals surface area contributed by atoms with Crippen LogP contribution < -0.4 is 0 Å². The largest absolute Gasteiger partial charge is 0.452 e. The van der Waals surface area contributed by atoms with Crippen LogP contribution in [0.3, 0.4) is 0 Å². The lowest BCUT2D eigenvalue weighted by atomic mass is 10.0. The van der Waals surface area contributed by atoms with Crippen LogP contribution in [0.5, 0.6) is 0 Å². The molecule has 4 rings (SSSR count). The van der Waals surface area contributed by atoms with Crippen LogP contribution in [0.1, 0.15) is 41.7 Å². The number of nitrogens with zero attached hydrogens (tertiary/aromatic N) is 6. The lowest BCUT2D eigenvalue weighted by Crippen LogP contribution is -2.55. The molecule has 1 saturated heterocycles. The number of hydrogen-bond acceptors (Lipinski definition) is 6. The summed E-state index contributed by atoms with van der Waals surface area (Å²) in [6.45, 7) is 1.11. The van der Waals surface area contributed by atoms with Gasteiger partial charge in [-0.1, -0.05) is 71.8 Å². The highest BCUT2D eigenvalue weighted by Gasteiger charge is 2.38. The lowest BCUT2D eigenvalue weighted by Gasteiger charge is -2.38. The maximum atomic E-state index is 13.4. The van der Waals surface area contributed by atoms with Crippen LogP contribution in [0.15, 0.2) is 90.3 Å². The van der Waals surface area contributed by atoms with E-state index in [1.807, 2.05) is 60.7 Å². The maximum absolute atomic E-state index is 13.4. The number of piperazine rings is 1. The molecule has 1 unspecified atom stereocenters. The Bertz CT molecular complexity index is 1240. The zero-order valence-corrected chi connectivity index (χ0v) is 20.8. The number of hydrogen-bond donors (Lipinski definition) is 0. The summed E-state index contributed by atoms with van der Waals surface area (Å²) in [4.78, 5) is 49.1. The van der Waals surface area contributed by atoms with Crippen LogP contribution in [-0.2, 0) is 19.1 Å². The molecule has 10 nitrogen and oxygen atoms in total. The highest BCUT2D eigenvalue weighted by molar-refractivity contribution is 6.35. The molecule has 0 aliphatic carbocycles. The number of ether oxygens (including phenoxy) is 1. The quantitative estimate of drug-likeness (QED) is 0.0949. The highest BCUT2D eigenvalue weighted by atomic mass is 16.5. The standard InChI is InChI=1S/C28H28N6O4/c29-32-31-15-8-16-33-17-18-34(28(37)27(33)36)24(23-13-7-14-30-20-23)19-25(35)38-26(21-9-3-1-4-10-21)22-11-5-2-6-12-22/h1-7,9-14,20,24,26H,8,15-19H2. The van der Waals surface area contributed by atoms with Gasteiger partial charge in [0.15, 0.2) is 6.10 Å². The number of azide groups is 1. The Balaban J connectivity index is 1.53. The molecule has 2 amide bonds. The van der Waals surface area contributed by atoms with Crippen LogP contribution in [-0.4, -0.2) is 58.7 Å². The molecule has 3 aromatic rings. The monoisotopic (exact) mass is 512 g/mol. The van der Waals surface area contributed by atoms with Crippen molar-refractivity contribution >= 4 is 17.8 Å². The number of carbonyl (C=O) groups excluding carboxylic acids is 3. The van der Waals surface area contributed by atoms with Crippen LogP contribution in [0.4, 0.5) is 0 Å². The molecule has 1 aromatic heterocycles. The SMILES string of the molecule is [N-]=[N+]=NCCCN1CCN(C(CC(=O)OC(c2ccccc2)c2ccccc2)c2cccnc2)C(=O)C1=O. The average Bonchev–Trinajstić information content (AvgIpc) is 2.96. The first kappa shape index (κ1) is 26.4.